The van der Waals surface area contributed by atoms with Gasteiger partial charge in [-0.15, -0.1) is 0 Å². The van der Waals surface area contributed by atoms with E-state index < -0.39 is 5.97 Å². The Morgan fingerprint density at radius 3 is 2.33 bits per heavy atom. The number of esters is 1. The lowest BCUT2D eigenvalue weighted by Gasteiger charge is -2.21. The quantitative estimate of drug-likeness (QED) is 0.858. The highest BCUT2D eigenvalue weighted by molar-refractivity contribution is 5.95. The summed E-state index contributed by atoms with van der Waals surface area (Å²) in [5.41, 5.74) is 4.44. The molecule has 0 radical (unpaired) electrons. The van der Waals surface area contributed by atoms with E-state index in [1.807, 2.05) is 37.9 Å². The number of hydrogen-bond acceptors (Lipinski definition) is 4. The summed E-state index contributed by atoms with van der Waals surface area (Å²) in [6.07, 6.45) is 0. The Hall–Kier alpha value is -2.82. The summed E-state index contributed by atoms with van der Waals surface area (Å²) in [7, 11) is 3.22. The fourth-order valence-corrected chi connectivity index (χ4v) is 2.54. The summed E-state index contributed by atoms with van der Waals surface area (Å²) in [5.74, 6) is -0.522. The largest absolute Gasteiger partial charge is 0.465 e. The molecule has 2 aromatic rings. The third kappa shape index (κ3) is 4.35. The molecule has 0 atom stereocenters. The lowest BCUT2D eigenvalue weighted by molar-refractivity contribution is -0.114. The maximum Gasteiger partial charge on any atom is 0.337 e. The molecule has 2 rings (SSSR count). The normalized spacial score (nSPS) is 10.2. The monoisotopic (exact) mass is 326 g/mol. The van der Waals surface area contributed by atoms with Gasteiger partial charge in [0, 0.05) is 18.4 Å². The molecule has 0 aliphatic carbocycles. The van der Waals surface area contributed by atoms with E-state index in [4.69, 9.17) is 0 Å². The maximum atomic E-state index is 12.2. The fraction of sp³-hybridized carbons (Fsp3) is 0.263. The molecule has 1 amide bonds. The van der Waals surface area contributed by atoms with Crippen molar-refractivity contribution in [2.75, 3.05) is 30.9 Å². The second-order valence-electron chi connectivity index (χ2n) is 5.76. The van der Waals surface area contributed by atoms with Crippen molar-refractivity contribution in [2.45, 2.75) is 13.8 Å². The van der Waals surface area contributed by atoms with E-state index in [0.29, 0.717) is 11.3 Å². The first-order valence-corrected chi connectivity index (χ1v) is 7.67. The van der Waals surface area contributed by atoms with Gasteiger partial charge in [0.05, 0.1) is 19.2 Å². The van der Waals surface area contributed by atoms with Gasteiger partial charge in [-0.25, -0.2) is 4.79 Å². The predicted molar refractivity (Wildman–Crippen MR) is 95.6 cm³/mol. The van der Waals surface area contributed by atoms with E-state index >= 15 is 0 Å². The van der Waals surface area contributed by atoms with Gasteiger partial charge in [-0.2, -0.15) is 0 Å². The van der Waals surface area contributed by atoms with Crippen molar-refractivity contribution in [1.29, 1.82) is 0 Å². The molecule has 0 heterocycles. The van der Waals surface area contributed by atoms with Gasteiger partial charge < -0.3 is 15.0 Å². The molecular weight excluding hydrogens is 304 g/mol. The topological polar surface area (TPSA) is 58.6 Å². The van der Waals surface area contributed by atoms with Crippen LogP contribution < -0.4 is 10.2 Å². The molecule has 0 saturated carbocycles. The SMILES string of the molecule is COC(=O)c1ccc(NC(=O)CN(C)c2ccc(C)cc2C)cc1. The Morgan fingerprint density at radius 1 is 1.08 bits per heavy atom. The van der Waals surface area contributed by atoms with E-state index in [9.17, 15) is 9.59 Å². The van der Waals surface area contributed by atoms with E-state index in [1.165, 1.54) is 12.7 Å². The van der Waals surface area contributed by atoms with Crippen molar-refractivity contribution in [1.82, 2.24) is 0 Å². The Morgan fingerprint density at radius 2 is 1.75 bits per heavy atom. The summed E-state index contributed by atoms with van der Waals surface area (Å²) in [6, 6.07) is 12.7. The van der Waals surface area contributed by atoms with Gasteiger partial charge in [0.2, 0.25) is 5.91 Å². The Labute approximate surface area is 142 Å². The van der Waals surface area contributed by atoms with Gasteiger partial charge in [-0.05, 0) is 49.7 Å². The van der Waals surface area contributed by atoms with Gasteiger partial charge >= 0.3 is 5.97 Å². The number of carbonyl (C=O) groups excluding carboxylic acids is 2. The molecule has 2 aromatic carbocycles. The molecule has 1 N–H and O–H groups in total. The van der Waals surface area contributed by atoms with Crippen LogP contribution in [0.4, 0.5) is 11.4 Å². The number of likely N-dealkylation sites (N-methyl/N-ethyl adjacent to an activating group) is 1. The summed E-state index contributed by atoms with van der Waals surface area (Å²) < 4.78 is 4.65. The number of methoxy groups -OCH3 is 1. The summed E-state index contributed by atoms with van der Waals surface area (Å²) in [4.78, 5) is 25.5. The zero-order chi connectivity index (χ0) is 17.7. The van der Waals surface area contributed by atoms with Crippen molar-refractivity contribution in [2.24, 2.45) is 0 Å². The van der Waals surface area contributed by atoms with Crippen LogP contribution >= 0.6 is 0 Å². The van der Waals surface area contributed by atoms with Crippen molar-refractivity contribution >= 4 is 23.3 Å². The average molecular weight is 326 g/mol. The zero-order valence-corrected chi connectivity index (χ0v) is 14.4. The molecule has 5 nitrogen and oxygen atoms in total. The van der Waals surface area contributed by atoms with Crippen LogP contribution in [0.3, 0.4) is 0 Å². The molecule has 0 spiro atoms. The summed E-state index contributed by atoms with van der Waals surface area (Å²) in [5, 5.41) is 2.82. The van der Waals surface area contributed by atoms with Crippen molar-refractivity contribution in [3.8, 4) is 0 Å². The first-order chi connectivity index (χ1) is 11.4. The van der Waals surface area contributed by atoms with Crippen molar-refractivity contribution in [3.05, 3.63) is 59.2 Å². The molecule has 0 bridgehead atoms. The van der Waals surface area contributed by atoms with Crippen LogP contribution in [0.25, 0.3) is 0 Å². The Bertz CT molecular complexity index is 739. The minimum Gasteiger partial charge on any atom is -0.465 e. The van der Waals surface area contributed by atoms with E-state index in [1.54, 1.807) is 24.3 Å². The van der Waals surface area contributed by atoms with Gasteiger partial charge in [0.25, 0.3) is 0 Å². The zero-order valence-electron chi connectivity index (χ0n) is 14.4. The highest BCUT2D eigenvalue weighted by Crippen LogP contribution is 2.20. The fourth-order valence-electron chi connectivity index (χ4n) is 2.54. The predicted octanol–water partition coefficient (Wildman–Crippen LogP) is 3.16. The molecule has 126 valence electrons. The third-order valence-corrected chi connectivity index (χ3v) is 3.73. The number of hydrogen-bond donors (Lipinski definition) is 1. The number of anilines is 2. The van der Waals surface area contributed by atoms with Crippen LogP contribution in [0.1, 0.15) is 21.5 Å². The molecular formula is C19H22N2O3. The second kappa shape index (κ2) is 7.64. The number of benzene rings is 2. The number of rotatable bonds is 5. The van der Waals surface area contributed by atoms with Crippen molar-refractivity contribution in [3.63, 3.8) is 0 Å². The molecule has 24 heavy (non-hydrogen) atoms. The maximum absolute atomic E-state index is 12.2. The average Bonchev–Trinajstić information content (AvgIpc) is 2.54. The molecule has 0 unspecified atom stereocenters. The van der Waals surface area contributed by atoms with Gasteiger partial charge in [-0.3, -0.25) is 4.79 Å². The Kier molecular flexibility index (Phi) is 5.58. The molecule has 0 aromatic heterocycles. The number of carbonyl (C=O) groups is 2. The van der Waals surface area contributed by atoms with Crippen LogP contribution in [0.15, 0.2) is 42.5 Å². The minimum atomic E-state index is -0.401. The summed E-state index contributed by atoms with van der Waals surface area (Å²) >= 11 is 0. The Balaban J connectivity index is 1.98. The van der Waals surface area contributed by atoms with E-state index in [-0.39, 0.29) is 12.5 Å². The van der Waals surface area contributed by atoms with Crippen molar-refractivity contribution < 1.29 is 14.3 Å². The van der Waals surface area contributed by atoms with Crippen LogP contribution in [-0.4, -0.2) is 32.6 Å². The lowest BCUT2D eigenvalue weighted by atomic mass is 10.1. The molecule has 5 heteroatoms. The van der Waals surface area contributed by atoms with E-state index in [0.717, 1.165) is 11.3 Å². The standard InChI is InChI=1S/C19H22N2O3/c1-13-5-10-17(14(2)11-13)21(3)12-18(22)20-16-8-6-15(7-9-16)19(23)24-4/h5-11H,12H2,1-4H3,(H,20,22). The first-order valence-electron chi connectivity index (χ1n) is 7.67. The molecule has 0 aliphatic rings. The molecule has 0 saturated heterocycles. The van der Waals surface area contributed by atoms with E-state index in [2.05, 4.69) is 16.1 Å². The molecule has 0 aliphatic heterocycles. The number of ether oxygens (including phenoxy) is 1. The highest BCUT2D eigenvalue weighted by Gasteiger charge is 2.11. The van der Waals surface area contributed by atoms with Gasteiger partial charge in [0.1, 0.15) is 0 Å². The van der Waals surface area contributed by atoms with Crippen LogP contribution in [0.2, 0.25) is 0 Å². The smallest absolute Gasteiger partial charge is 0.337 e. The number of aryl methyl sites for hydroxylation is 2. The first kappa shape index (κ1) is 17.5. The highest BCUT2D eigenvalue weighted by atomic mass is 16.5. The lowest BCUT2D eigenvalue weighted by Crippen LogP contribution is -2.30. The third-order valence-electron chi connectivity index (χ3n) is 3.73. The van der Waals surface area contributed by atoms with Crippen LogP contribution in [0.5, 0.6) is 0 Å². The molecule has 0 fully saturated rings. The summed E-state index contributed by atoms with van der Waals surface area (Å²) in [6.45, 7) is 4.31. The van der Waals surface area contributed by atoms with Crippen LogP contribution in [0, 0.1) is 13.8 Å². The minimum absolute atomic E-state index is 0.122. The number of nitrogens with zero attached hydrogens (tertiary/aromatic N) is 1. The number of amides is 1. The van der Waals surface area contributed by atoms with Gasteiger partial charge in [-0.1, -0.05) is 17.7 Å². The van der Waals surface area contributed by atoms with Gasteiger partial charge in [0.15, 0.2) is 0 Å². The second-order valence-corrected chi connectivity index (χ2v) is 5.76. The van der Waals surface area contributed by atoms with Crippen LogP contribution in [-0.2, 0) is 9.53 Å². The number of nitrogens with one attached hydrogen (secondary N) is 1.